The fraction of sp³-hybridized carbons (Fsp3) is 0.385. The van der Waals surface area contributed by atoms with Gasteiger partial charge in [0, 0.05) is 5.56 Å². The van der Waals surface area contributed by atoms with E-state index in [1.165, 1.54) is 12.1 Å². The normalized spacial score (nSPS) is 13.2. The van der Waals surface area contributed by atoms with Gasteiger partial charge < -0.3 is 10.5 Å². The number of aliphatic imine (C=N–C) groups is 1. The quantitative estimate of drug-likeness (QED) is 0.507. The van der Waals surface area contributed by atoms with Crippen LogP contribution in [0.15, 0.2) is 23.2 Å². The van der Waals surface area contributed by atoms with Gasteiger partial charge in [-0.1, -0.05) is 12.1 Å². The average Bonchev–Trinajstić information content (AvgIpc) is 2.32. The Balaban J connectivity index is 2.80. The third-order valence-corrected chi connectivity index (χ3v) is 2.42. The number of nitrogens with two attached hydrogens (primary N) is 1. The van der Waals surface area contributed by atoms with Crippen LogP contribution in [0.4, 0.5) is 8.78 Å². The first-order valence-corrected chi connectivity index (χ1v) is 5.87. The molecule has 0 aliphatic rings. The van der Waals surface area contributed by atoms with Gasteiger partial charge in [0.2, 0.25) is 0 Å². The molecule has 0 unspecified atom stereocenters. The zero-order chi connectivity index (χ0) is 14.4. The SMILES string of the molecule is CCOC(=O)CC(N)=N[C@@H](C)c1cccc(F)c1F. The minimum Gasteiger partial charge on any atom is -0.466 e. The zero-order valence-corrected chi connectivity index (χ0v) is 10.8. The first kappa shape index (κ1) is 15.1. The fourth-order valence-electron chi connectivity index (χ4n) is 1.57. The van der Waals surface area contributed by atoms with Crippen molar-refractivity contribution in [1.82, 2.24) is 0 Å². The summed E-state index contributed by atoms with van der Waals surface area (Å²) in [6.45, 7) is 3.49. The summed E-state index contributed by atoms with van der Waals surface area (Å²) in [5, 5.41) is 0. The average molecular weight is 270 g/mol. The van der Waals surface area contributed by atoms with E-state index in [0.717, 1.165) is 6.07 Å². The molecule has 0 aliphatic heterocycles. The number of benzene rings is 1. The second kappa shape index (κ2) is 6.82. The highest BCUT2D eigenvalue weighted by Crippen LogP contribution is 2.22. The summed E-state index contributed by atoms with van der Waals surface area (Å²) in [7, 11) is 0. The lowest BCUT2D eigenvalue weighted by Gasteiger charge is -2.10. The minimum absolute atomic E-state index is 0.0228. The maximum absolute atomic E-state index is 13.5. The molecular weight excluding hydrogens is 254 g/mol. The van der Waals surface area contributed by atoms with Crippen LogP contribution in [-0.2, 0) is 9.53 Å². The van der Waals surface area contributed by atoms with Gasteiger partial charge in [-0.25, -0.2) is 8.78 Å². The number of hydrogen-bond acceptors (Lipinski definition) is 3. The number of hydrogen-bond donors (Lipinski definition) is 1. The Hall–Kier alpha value is -1.98. The van der Waals surface area contributed by atoms with Crippen LogP contribution in [-0.4, -0.2) is 18.4 Å². The van der Waals surface area contributed by atoms with Crippen molar-refractivity contribution in [1.29, 1.82) is 0 Å². The third kappa shape index (κ3) is 4.31. The van der Waals surface area contributed by atoms with E-state index in [1.54, 1.807) is 13.8 Å². The van der Waals surface area contributed by atoms with Gasteiger partial charge in [0.15, 0.2) is 11.6 Å². The van der Waals surface area contributed by atoms with E-state index in [9.17, 15) is 13.6 Å². The van der Waals surface area contributed by atoms with Crippen LogP contribution < -0.4 is 5.73 Å². The number of carbonyl (C=O) groups excluding carboxylic acids is 1. The first-order chi connectivity index (χ1) is 8.95. The predicted octanol–water partition coefficient (Wildman–Crippen LogP) is 2.34. The topological polar surface area (TPSA) is 64.7 Å². The maximum atomic E-state index is 13.5. The summed E-state index contributed by atoms with van der Waals surface area (Å²) in [5.74, 6) is -2.38. The van der Waals surface area contributed by atoms with E-state index in [2.05, 4.69) is 4.99 Å². The molecule has 19 heavy (non-hydrogen) atoms. The lowest BCUT2D eigenvalue weighted by atomic mass is 10.1. The Kier molecular flexibility index (Phi) is 5.41. The van der Waals surface area contributed by atoms with Gasteiger partial charge in [0.1, 0.15) is 12.3 Å². The Morgan fingerprint density at radius 3 is 2.79 bits per heavy atom. The molecule has 6 heteroatoms. The monoisotopic (exact) mass is 270 g/mol. The second-order valence-electron chi connectivity index (χ2n) is 3.92. The van der Waals surface area contributed by atoms with Gasteiger partial charge in [-0.3, -0.25) is 9.79 Å². The zero-order valence-electron chi connectivity index (χ0n) is 10.8. The summed E-state index contributed by atoms with van der Waals surface area (Å²) in [6.07, 6.45) is -0.172. The van der Waals surface area contributed by atoms with Crippen molar-refractivity contribution in [3.63, 3.8) is 0 Å². The smallest absolute Gasteiger partial charge is 0.313 e. The van der Waals surface area contributed by atoms with E-state index in [4.69, 9.17) is 10.5 Å². The van der Waals surface area contributed by atoms with Crippen molar-refractivity contribution < 1.29 is 18.3 Å². The number of amidine groups is 1. The Bertz CT molecular complexity index is 490. The van der Waals surface area contributed by atoms with E-state index < -0.39 is 23.6 Å². The molecule has 1 atom stereocenters. The largest absolute Gasteiger partial charge is 0.466 e. The molecule has 104 valence electrons. The number of rotatable bonds is 5. The highest BCUT2D eigenvalue weighted by Gasteiger charge is 2.14. The first-order valence-electron chi connectivity index (χ1n) is 5.87. The van der Waals surface area contributed by atoms with Crippen molar-refractivity contribution in [2.45, 2.75) is 26.3 Å². The lowest BCUT2D eigenvalue weighted by Crippen LogP contribution is -2.19. The molecule has 0 radical (unpaired) electrons. The molecule has 0 spiro atoms. The number of ether oxygens (including phenoxy) is 1. The molecule has 0 fully saturated rings. The van der Waals surface area contributed by atoms with E-state index in [0.29, 0.717) is 0 Å². The van der Waals surface area contributed by atoms with Crippen molar-refractivity contribution in [2.24, 2.45) is 10.7 Å². The molecule has 1 aromatic carbocycles. The van der Waals surface area contributed by atoms with Gasteiger partial charge in [0.25, 0.3) is 0 Å². The minimum atomic E-state index is -0.956. The predicted molar refractivity (Wildman–Crippen MR) is 67.6 cm³/mol. The van der Waals surface area contributed by atoms with Crippen LogP contribution in [0.3, 0.4) is 0 Å². The Morgan fingerprint density at radius 2 is 2.16 bits per heavy atom. The summed E-state index contributed by atoms with van der Waals surface area (Å²) in [6, 6.07) is 3.16. The number of carbonyl (C=O) groups is 1. The molecule has 0 saturated heterocycles. The van der Waals surface area contributed by atoms with E-state index in [-0.39, 0.29) is 24.4 Å². The highest BCUT2D eigenvalue weighted by atomic mass is 19.2. The fourth-order valence-corrected chi connectivity index (χ4v) is 1.57. The lowest BCUT2D eigenvalue weighted by molar-refractivity contribution is -0.141. The van der Waals surface area contributed by atoms with Crippen LogP contribution >= 0.6 is 0 Å². The Labute approximate surface area is 110 Å². The number of esters is 1. The summed E-state index contributed by atoms with van der Waals surface area (Å²) in [5.41, 5.74) is 5.65. The molecule has 0 amide bonds. The maximum Gasteiger partial charge on any atom is 0.313 e. The molecule has 0 aromatic heterocycles. The molecule has 0 heterocycles. The molecule has 0 bridgehead atoms. The van der Waals surface area contributed by atoms with Crippen LogP contribution in [0.2, 0.25) is 0 Å². The summed E-state index contributed by atoms with van der Waals surface area (Å²) >= 11 is 0. The van der Waals surface area contributed by atoms with E-state index in [1.807, 2.05) is 0 Å². The highest BCUT2D eigenvalue weighted by molar-refractivity contribution is 5.96. The van der Waals surface area contributed by atoms with Gasteiger partial charge >= 0.3 is 5.97 Å². The van der Waals surface area contributed by atoms with Crippen molar-refractivity contribution >= 4 is 11.8 Å². The van der Waals surface area contributed by atoms with Gasteiger partial charge in [0.05, 0.1) is 12.6 Å². The van der Waals surface area contributed by atoms with Gasteiger partial charge in [-0.2, -0.15) is 0 Å². The van der Waals surface area contributed by atoms with Crippen molar-refractivity contribution in [2.75, 3.05) is 6.61 Å². The summed E-state index contributed by atoms with van der Waals surface area (Å²) in [4.78, 5) is 15.1. The number of halogens is 2. The molecule has 0 aliphatic carbocycles. The third-order valence-electron chi connectivity index (χ3n) is 2.42. The number of nitrogens with zero attached hydrogens (tertiary/aromatic N) is 1. The molecule has 1 rings (SSSR count). The van der Waals surface area contributed by atoms with Crippen LogP contribution in [0.25, 0.3) is 0 Å². The van der Waals surface area contributed by atoms with Gasteiger partial charge in [-0.15, -0.1) is 0 Å². The van der Waals surface area contributed by atoms with Crippen molar-refractivity contribution in [3.05, 3.63) is 35.4 Å². The molecule has 2 N–H and O–H groups in total. The molecular formula is C13H16F2N2O2. The molecule has 1 aromatic rings. The standard InChI is InChI=1S/C13H16F2N2O2/c1-3-19-12(18)7-11(16)17-8(2)9-5-4-6-10(14)13(9)15/h4-6,8H,3,7H2,1-2H3,(H2,16,17)/t8-/m0/s1. The Morgan fingerprint density at radius 1 is 1.47 bits per heavy atom. The molecule has 0 saturated carbocycles. The van der Waals surface area contributed by atoms with Crippen LogP contribution in [0.5, 0.6) is 0 Å². The van der Waals surface area contributed by atoms with Gasteiger partial charge in [-0.05, 0) is 19.9 Å². The van der Waals surface area contributed by atoms with E-state index >= 15 is 0 Å². The molecule has 4 nitrogen and oxygen atoms in total. The summed E-state index contributed by atoms with van der Waals surface area (Å²) < 4.78 is 31.3. The second-order valence-corrected chi connectivity index (χ2v) is 3.92. The van der Waals surface area contributed by atoms with Crippen LogP contribution in [0.1, 0.15) is 31.9 Å². The van der Waals surface area contributed by atoms with Crippen LogP contribution in [0, 0.1) is 11.6 Å². The van der Waals surface area contributed by atoms with Crippen molar-refractivity contribution in [3.8, 4) is 0 Å².